The molecule has 12 rings (SSSR count). The lowest BCUT2D eigenvalue weighted by Crippen LogP contribution is -2.28. The van der Waals surface area contributed by atoms with Crippen molar-refractivity contribution >= 4 is 49.4 Å². The van der Waals surface area contributed by atoms with Crippen LogP contribution in [0.25, 0.3) is 65.7 Å². The summed E-state index contributed by atoms with van der Waals surface area (Å²) in [6.45, 7) is 4.32. The molecule has 0 radical (unpaired) electrons. The average Bonchev–Trinajstić information content (AvgIpc) is 3.64. The van der Waals surface area contributed by atoms with E-state index in [-0.39, 0.29) is 0 Å². The van der Waals surface area contributed by atoms with Crippen molar-refractivity contribution in [3.63, 3.8) is 0 Å². The van der Waals surface area contributed by atoms with Crippen molar-refractivity contribution in [1.29, 1.82) is 0 Å². The van der Waals surface area contributed by atoms with Gasteiger partial charge in [-0.2, -0.15) is 0 Å². The van der Waals surface area contributed by atoms with Gasteiger partial charge in [0.1, 0.15) is 0 Å². The zero-order valence-corrected chi connectivity index (χ0v) is 36.0. The van der Waals surface area contributed by atoms with E-state index in [0.29, 0.717) is 0 Å². The lowest BCUT2D eigenvalue weighted by Gasteiger charge is -2.34. The number of anilines is 3. The fourth-order valence-corrected chi connectivity index (χ4v) is 10.8. The van der Waals surface area contributed by atoms with Crippen LogP contribution in [0.1, 0.15) is 33.4 Å². The minimum Gasteiger partial charge on any atom is -0.310 e. The second-order valence-electron chi connectivity index (χ2n) is 17.4. The smallest absolute Gasteiger partial charge is 0.0713 e. The maximum atomic E-state index is 2.52. The standard InChI is InChI=1S/C63H45N/c1-42-17-15-25-51(37-42)64(52-26-16-18-43(2)38-52)50-34-31-44(32-35-50)61-55-28-11-12-29-56(55)62(58-40-46-20-10-9-19-45(46)39-57(58)61)47-33-36-54-53-27-13-14-30-59(53)63(60(54)41-47,48-21-5-3-6-22-48)49-23-7-4-8-24-49/h3-41H,1-2H3. The molecular formula is C63H45N. The van der Waals surface area contributed by atoms with Crippen LogP contribution in [0, 0.1) is 13.8 Å². The van der Waals surface area contributed by atoms with E-state index in [1.807, 2.05) is 0 Å². The normalized spacial score (nSPS) is 12.7. The average molecular weight is 816 g/mol. The van der Waals surface area contributed by atoms with Gasteiger partial charge in [0, 0.05) is 17.1 Å². The predicted octanol–water partition coefficient (Wildman–Crippen LogP) is 16.9. The molecule has 302 valence electrons. The Bertz CT molecular complexity index is 3480. The number of nitrogens with zero attached hydrogens (tertiary/aromatic N) is 1. The summed E-state index contributed by atoms with van der Waals surface area (Å²) in [5, 5.41) is 7.44. The van der Waals surface area contributed by atoms with Crippen LogP contribution in [-0.2, 0) is 5.41 Å². The predicted molar refractivity (Wildman–Crippen MR) is 271 cm³/mol. The van der Waals surface area contributed by atoms with Gasteiger partial charge in [-0.3, -0.25) is 0 Å². The minimum atomic E-state index is -0.491. The number of rotatable bonds is 7. The van der Waals surface area contributed by atoms with Gasteiger partial charge >= 0.3 is 0 Å². The van der Waals surface area contributed by atoms with E-state index in [0.717, 1.165) is 17.1 Å². The van der Waals surface area contributed by atoms with Crippen LogP contribution >= 0.6 is 0 Å². The summed E-state index contributed by atoms with van der Waals surface area (Å²) >= 11 is 0. The van der Waals surface area contributed by atoms with Crippen molar-refractivity contribution in [2.75, 3.05) is 4.90 Å². The van der Waals surface area contributed by atoms with Gasteiger partial charge in [0.2, 0.25) is 0 Å². The van der Waals surface area contributed by atoms with Gasteiger partial charge in [-0.1, -0.05) is 182 Å². The third-order valence-electron chi connectivity index (χ3n) is 13.6. The van der Waals surface area contributed by atoms with E-state index < -0.39 is 5.41 Å². The largest absolute Gasteiger partial charge is 0.310 e. The SMILES string of the molecule is Cc1cccc(N(c2ccc(-c3c4ccccc4c(-c4ccc5c(c4)C(c4ccccc4)(c4ccccc4)c4ccccc4-5)c4cc5ccccc5cc34)cc2)c2cccc(C)c2)c1. The number of benzene rings is 11. The maximum Gasteiger partial charge on any atom is 0.0713 e. The molecular weight excluding hydrogens is 771 g/mol. The number of hydrogen-bond acceptors (Lipinski definition) is 1. The van der Waals surface area contributed by atoms with Crippen LogP contribution < -0.4 is 4.90 Å². The first-order valence-electron chi connectivity index (χ1n) is 22.3. The quantitative estimate of drug-likeness (QED) is 0.145. The van der Waals surface area contributed by atoms with E-state index in [9.17, 15) is 0 Å². The highest BCUT2D eigenvalue weighted by Gasteiger charge is 2.46. The Labute approximate surface area is 375 Å². The van der Waals surface area contributed by atoms with Crippen LogP contribution in [0.15, 0.2) is 237 Å². The Morgan fingerprint density at radius 3 is 1.38 bits per heavy atom. The van der Waals surface area contributed by atoms with Gasteiger partial charge in [0.15, 0.2) is 0 Å². The molecule has 1 aliphatic carbocycles. The second-order valence-corrected chi connectivity index (χ2v) is 17.4. The topological polar surface area (TPSA) is 3.24 Å². The van der Waals surface area contributed by atoms with Gasteiger partial charge < -0.3 is 4.90 Å². The van der Waals surface area contributed by atoms with Gasteiger partial charge in [0.25, 0.3) is 0 Å². The highest BCUT2D eigenvalue weighted by molar-refractivity contribution is 6.23. The number of hydrogen-bond donors (Lipinski definition) is 0. The minimum absolute atomic E-state index is 0.491. The van der Waals surface area contributed by atoms with E-state index >= 15 is 0 Å². The lowest BCUT2D eigenvalue weighted by molar-refractivity contribution is 0.769. The van der Waals surface area contributed by atoms with Crippen LogP contribution in [-0.4, -0.2) is 0 Å². The fourth-order valence-electron chi connectivity index (χ4n) is 10.8. The highest BCUT2D eigenvalue weighted by Crippen LogP contribution is 2.57. The fraction of sp³-hybridized carbons (Fsp3) is 0.0476. The van der Waals surface area contributed by atoms with Crippen molar-refractivity contribution in [2.45, 2.75) is 19.3 Å². The Morgan fingerprint density at radius 1 is 0.312 bits per heavy atom. The molecule has 0 heterocycles. The molecule has 0 bridgehead atoms. The molecule has 0 atom stereocenters. The summed E-state index contributed by atoms with van der Waals surface area (Å²) in [5.41, 5.74) is 18.1. The van der Waals surface area contributed by atoms with Gasteiger partial charge in [-0.15, -0.1) is 0 Å². The van der Waals surface area contributed by atoms with Crippen LogP contribution in [0.2, 0.25) is 0 Å². The number of aryl methyl sites for hydroxylation is 2. The molecule has 0 saturated heterocycles. The van der Waals surface area contributed by atoms with Crippen molar-refractivity contribution in [3.05, 3.63) is 270 Å². The lowest BCUT2D eigenvalue weighted by atomic mass is 9.67. The zero-order valence-electron chi connectivity index (χ0n) is 36.0. The third-order valence-corrected chi connectivity index (χ3v) is 13.6. The zero-order chi connectivity index (χ0) is 42.8. The van der Waals surface area contributed by atoms with Gasteiger partial charge in [-0.25, -0.2) is 0 Å². The molecule has 0 aliphatic heterocycles. The summed E-state index contributed by atoms with van der Waals surface area (Å²) in [6.07, 6.45) is 0. The third kappa shape index (κ3) is 5.93. The van der Waals surface area contributed by atoms with E-state index in [1.165, 1.54) is 99.1 Å². The molecule has 1 nitrogen and oxygen atoms in total. The molecule has 0 saturated carbocycles. The molecule has 11 aromatic rings. The van der Waals surface area contributed by atoms with Crippen molar-refractivity contribution in [2.24, 2.45) is 0 Å². The van der Waals surface area contributed by atoms with Crippen molar-refractivity contribution < 1.29 is 0 Å². The molecule has 11 aromatic carbocycles. The summed E-state index contributed by atoms with van der Waals surface area (Å²) in [5.74, 6) is 0. The first-order valence-corrected chi connectivity index (χ1v) is 22.3. The molecule has 1 heteroatoms. The molecule has 0 fully saturated rings. The Morgan fingerprint density at radius 2 is 0.797 bits per heavy atom. The molecule has 1 aliphatic rings. The summed E-state index contributed by atoms with van der Waals surface area (Å²) in [7, 11) is 0. The first-order chi connectivity index (χ1) is 31.6. The first kappa shape index (κ1) is 37.7. The van der Waals surface area contributed by atoms with E-state index in [2.05, 4.69) is 255 Å². The summed E-state index contributed by atoms with van der Waals surface area (Å²) in [6, 6.07) is 88.1. The highest BCUT2D eigenvalue weighted by atomic mass is 15.1. The number of fused-ring (bicyclic) bond motifs is 6. The van der Waals surface area contributed by atoms with Gasteiger partial charge in [-0.05, 0) is 168 Å². The Hall–Kier alpha value is -8.00. The molecule has 64 heavy (non-hydrogen) atoms. The summed E-state index contributed by atoms with van der Waals surface area (Å²) < 4.78 is 0. The molecule has 0 N–H and O–H groups in total. The molecule has 0 aromatic heterocycles. The Kier molecular flexibility index (Phi) is 8.91. The van der Waals surface area contributed by atoms with Crippen molar-refractivity contribution in [3.8, 4) is 33.4 Å². The monoisotopic (exact) mass is 815 g/mol. The van der Waals surface area contributed by atoms with Gasteiger partial charge in [0.05, 0.1) is 5.41 Å². The Balaban J connectivity index is 1.11. The van der Waals surface area contributed by atoms with E-state index in [4.69, 9.17) is 0 Å². The summed E-state index contributed by atoms with van der Waals surface area (Å²) in [4.78, 5) is 2.37. The van der Waals surface area contributed by atoms with Crippen LogP contribution in [0.4, 0.5) is 17.1 Å². The van der Waals surface area contributed by atoms with Crippen molar-refractivity contribution in [1.82, 2.24) is 0 Å². The second kappa shape index (κ2) is 15.1. The van der Waals surface area contributed by atoms with Crippen LogP contribution in [0.5, 0.6) is 0 Å². The molecule has 0 spiro atoms. The molecule has 0 amide bonds. The van der Waals surface area contributed by atoms with E-state index in [1.54, 1.807) is 0 Å². The van der Waals surface area contributed by atoms with Crippen LogP contribution in [0.3, 0.4) is 0 Å². The molecule has 0 unspecified atom stereocenters. The maximum absolute atomic E-state index is 2.52.